The number of nitrogens with two attached hydrogens (primary N) is 1. The molecule has 2 unspecified atom stereocenters. The third kappa shape index (κ3) is 1.37. The van der Waals surface area contributed by atoms with Crippen LogP contribution in [-0.2, 0) is 0 Å². The lowest BCUT2D eigenvalue weighted by molar-refractivity contribution is 0.540. The molecule has 0 radical (unpaired) electrons. The maximum Gasteiger partial charge on any atom is 0.148 e. The van der Waals surface area contributed by atoms with E-state index in [-0.39, 0.29) is 5.82 Å². The van der Waals surface area contributed by atoms with Crippen LogP contribution in [0.25, 0.3) is 0 Å². The monoisotopic (exact) mass is 206 g/mol. The van der Waals surface area contributed by atoms with Gasteiger partial charge in [0, 0.05) is 18.3 Å². The van der Waals surface area contributed by atoms with Crippen LogP contribution in [-0.4, -0.2) is 12.6 Å². The Bertz CT molecular complexity index is 391. The smallest absolute Gasteiger partial charge is 0.148 e. The summed E-state index contributed by atoms with van der Waals surface area (Å²) in [6, 6.07) is 5.57. The summed E-state index contributed by atoms with van der Waals surface area (Å²) < 4.78 is 13.7. The molecule has 2 bridgehead atoms. The zero-order chi connectivity index (χ0) is 10.4. The van der Waals surface area contributed by atoms with Gasteiger partial charge >= 0.3 is 0 Å². The number of hydrogen-bond acceptors (Lipinski definition) is 2. The van der Waals surface area contributed by atoms with Gasteiger partial charge in [0.25, 0.3) is 0 Å². The van der Waals surface area contributed by atoms with Crippen molar-refractivity contribution in [2.75, 3.05) is 17.2 Å². The summed E-state index contributed by atoms with van der Waals surface area (Å²) in [7, 11) is 0. The van der Waals surface area contributed by atoms with Crippen LogP contribution < -0.4 is 10.6 Å². The minimum atomic E-state index is -0.178. The molecule has 1 aliphatic carbocycles. The number of halogens is 1. The molecule has 0 spiro atoms. The lowest BCUT2D eigenvalue weighted by Crippen LogP contribution is -2.32. The van der Waals surface area contributed by atoms with E-state index in [1.54, 1.807) is 6.07 Å². The van der Waals surface area contributed by atoms with Gasteiger partial charge in [-0.05, 0) is 43.4 Å². The van der Waals surface area contributed by atoms with Crippen molar-refractivity contribution in [3.8, 4) is 0 Å². The molecule has 1 aromatic rings. The fraction of sp³-hybridized carbons (Fsp3) is 0.500. The first kappa shape index (κ1) is 9.01. The number of piperidine rings is 1. The minimum absolute atomic E-state index is 0.178. The zero-order valence-corrected chi connectivity index (χ0v) is 8.62. The zero-order valence-electron chi connectivity index (χ0n) is 8.62. The predicted octanol–water partition coefficient (Wildman–Crippen LogP) is 2.40. The Labute approximate surface area is 88.9 Å². The molecule has 2 N–H and O–H groups in total. The maximum absolute atomic E-state index is 13.7. The van der Waals surface area contributed by atoms with Crippen LogP contribution in [0.4, 0.5) is 15.8 Å². The van der Waals surface area contributed by atoms with Gasteiger partial charge in [-0.15, -0.1) is 0 Å². The topological polar surface area (TPSA) is 29.3 Å². The van der Waals surface area contributed by atoms with E-state index in [4.69, 9.17) is 5.73 Å². The summed E-state index contributed by atoms with van der Waals surface area (Å²) in [6.07, 6.45) is 3.77. The van der Waals surface area contributed by atoms with Crippen molar-refractivity contribution in [1.82, 2.24) is 0 Å². The second kappa shape index (κ2) is 3.12. The molecule has 3 rings (SSSR count). The molecule has 2 nitrogen and oxygen atoms in total. The molecular formula is C12H15FN2. The Morgan fingerprint density at radius 1 is 1.33 bits per heavy atom. The normalized spacial score (nSPS) is 28.7. The molecule has 80 valence electrons. The standard InChI is InChI=1S/C12H15FN2/c13-11-6-9(14)2-4-12(11)15-7-8-1-3-10(15)5-8/h2,4,6,8,10H,1,3,5,7,14H2. The van der Waals surface area contributed by atoms with Crippen LogP contribution >= 0.6 is 0 Å². The third-order valence-corrected chi connectivity index (χ3v) is 3.69. The predicted molar refractivity (Wildman–Crippen MR) is 59.3 cm³/mol. The molecule has 1 aliphatic heterocycles. The van der Waals surface area contributed by atoms with Gasteiger partial charge in [-0.2, -0.15) is 0 Å². The molecule has 1 heterocycles. The van der Waals surface area contributed by atoms with E-state index in [9.17, 15) is 4.39 Å². The molecule has 1 saturated carbocycles. The van der Waals surface area contributed by atoms with Crippen molar-refractivity contribution in [3.05, 3.63) is 24.0 Å². The van der Waals surface area contributed by atoms with Crippen LogP contribution in [0.1, 0.15) is 19.3 Å². The number of nitrogen functional groups attached to an aromatic ring is 1. The van der Waals surface area contributed by atoms with Crippen molar-refractivity contribution in [1.29, 1.82) is 0 Å². The molecule has 2 fully saturated rings. The average molecular weight is 206 g/mol. The fourth-order valence-corrected chi connectivity index (χ4v) is 2.98. The van der Waals surface area contributed by atoms with E-state index in [1.807, 2.05) is 6.07 Å². The second-order valence-corrected chi connectivity index (χ2v) is 4.70. The first-order chi connectivity index (χ1) is 7.24. The summed E-state index contributed by atoms with van der Waals surface area (Å²) in [6.45, 7) is 1.02. The Morgan fingerprint density at radius 2 is 2.20 bits per heavy atom. The van der Waals surface area contributed by atoms with E-state index in [0.717, 1.165) is 18.2 Å². The van der Waals surface area contributed by atoms with E-state index >= 15 is 0 Å². The first-order valence-corrected chi connectivity index (χ1v) is 5.55. The van der Waals surface area contributed by atoms with Gasteiger partial charge < -0.3 is 10.6 Å². The van der Waals surface area contributed by atoms with Gasteiger partial charge in [-0.3, -0.25) is 0 Å². The van der Waals surface area contributed by atoms with Crippen LogP contribution in [0.2, 0.25) is 0 Å². The van der Waals surface area contributed by atoms with Crippen LogP contribution in [0.3, 0.4) is 0 Å². The van der Waals surface area contributed by atoms with Gasteiger partial charge in [0.05, 0.1) is 5.69 Å². The van der Waals surface area contributed by atoms with Gasteiger partial charge in [-0.1, -0.05) is 0 Å². The first-order valence-electron chi connectivity index (χ1n) is 5.55. The van der Waals surface area contributed by atoms with Gasteiger partial charge in [-0.25, -0.2) is 4.39 Å². The summed E-state index contributed by atoms with van der Waals surface area (Å²) in [5, 5.41) is 0. The van der Waals surface area contributed by atoms with E-state index in [0.29, 0.717) is 11.7 Å². The van der Waals surface area contributed by atoms with Crippen LogP contribution in [0.5, 0.6) is 0 Å². The molecule has 15 heavy (non-hydrogen) atoms. The Hall–Kier alpha value is -1.25. The lowest BCUT2D eigenvalue weighted by Gasteiger charge is -2.29. The number of nitrogens with zero attached hydrogens (tertiary/aromatic N) is 1. The fourth-order valence-electron chi connectivity index (χ4n) is 2.98. The second-order valence-electron chi connectivity index (χ2n) is 4.70. The number of fused-ring (bicyclic) bond motifs is 2. The number of benzene rings is 1. The number of hydrogen-bond donors (Lipinski definition) is 1. The quantitative estimate of drug-likeness (QED) is 0.715. The van der Waals surface area contributed by atoms with Crippen molar-refractivity contribution < 1.29 is 4.39 Å². The largest absolute Gasteiger partial charge is 0.399 e. The summed E-state index contributed by atoms with van der Waals surface area (Å²) in [4.78, 5) is 2.21. The maximum atomic E-state index is 13.7. The average Bonchev–Trinajstić information content (AvgIpc) is 2.78. The molecule has 3 heteroatoms. The molecule has 0 amide bonds. The highest BCUT2D eigenvalue weighted by Crippen LogP contribution is 2.41. The summed E-state index contributed by atoms with van der Waals surface area (Å²) in [5.74, 6) is 0.606. The van der Waals surface area contributed by atoms with E-state index in [2.05, 4.69) is 4.90 Å². The van der Waals surface area contributed by atoms with Gasteiger partial charge in [0.15, 0.2) is 0 Å². The molecule has 0 aromatic heterocycles. The lowest BCUT2D eigenvalue weighted by atomic mass is 10.1. The van der Waals surface area contributed by atoms with E-state index in [1.165, 1.54) is 25.3 Å². The SMILES string of the molecule is Nc1ccc(N2CC3CCC2C3)c(F)c1. The van der Waals surface area contributed by atoms with Crippen molar-refractivity contribution >= 4 is 11.4 Å². The number of anilines is 2. The number of rotatable bonds is 1. The highest BCUT2D eigenvalue weighted by molar-refractivity contribution is 5.56. The van der Waals surface area contributed by atoms with Crippen molar-refractivity contribution in [2.45, 2.75) is 25.3 Å². The Kier molecular flexibility index (Phi) is 1.87. The Morgan fingerprint density at radius 3 is 2.80 bits per heavy atom. The van der Waals surface area contributed by atoms with E-state index < -0.39 is 0 Å². The van der Waals surface area contributed by atoms with Crippen LogP contribution in [0, 0.1) is 11.7 Å². The van der Waals surface area contributed by atoms with Crippen LogP contribution in [0.15, 0.2) is 18.2 Å². The Balaban J connectivity index is 1.93. The van der Waals surface area contributed by atoms with Crippen molar-refractivity contribution in [3.63, 3.8) is 0 Å². The summed E-state index contributed by atoms with van der Waals surface area (Å²) in [5.41, 5.74) is 6.78. The molecule has 1 aromatic carbocycles. The minimum Gasteiger partial charge on any atom is -0.399 e. The molecule has 2 atom stereocenters. The third-order valence-electron chi connectivity index (χ3n) is 3.69. The van der Waals surface area contributed by atoms with Gasteiger partial charge in [0.1, 0.15) is 5.82 Å². The van der Waals surface area contributed by atoms with Gasteiger partial charge in [0.2, 0.25) is 0 Å². The highest BCUT2D eigenvalue weighted by Gasteiger charge is 2.38. The summed E-state index contributed by atoms with van der Waals surface area (Å²) >= 11 is 0. The van der Waals surface area contributed by atoms with Crippen molar-refractivity contribution in [2.24, 2.45) is 5.92 Å². The highest BCUT2D eigenvalue weighted by atomic mass is 19.1. The molecular weight excluding hydrogens is 191 g/mol. The molecule has 1 saturated heterocycles. The molecule has 2 aliphatic rings.